The van der Waals surface area contributed by atoms with Crippen LogP contribution in [-0.2, 0) is 0 Å². The van der Waals surface area contributed by atoms with E-state index in [1.807, 2.05) is 40.7 Å². The van der Waals surface area contributed by atoms with Crippen LogP contribution in [0.3, 0.4) is 0 Å². The Morgan fingerprint density at radius 1 is 1.24 bits per heavy atom. The molecule has 1 heterocycles. The Balaban J connectivity index is 2.76. The molecule has 0 radical (unpaired) electrons. The van der Waals surface area contributed by atoms with Gasteiger partial charge in [-0.25, -0.2) is 4.68 Å². The van der Waals surface area contributed by atoms with E-state index in [2.05, 4.69) is 18.6 Å². The number of hydrogen-bond donors (Lipinski definition) is 0. The van der Waals surface area contributed by atoms with Gasteiger partial charge in [0, 0.05) is 28.2 Å². The second kappa shape index (κ2) is 8.76. The molecule has 0 saturated heterocycles. The molecule has 1 amide bonds. The molecule has 0 aliphatic carbocycles. The van der Waals surface area contributed by atoms with Crippen LogP contribution in [0.15, 0.2) is 36.4 Å². The third kappa shape index (κ3) is 5.12. The fraction of sp³-hybridized carbons (Fsp3) is 0.391. The van der Waals surface area contributed by atoms with Crippen molar-refractivity contribution in [1.82, 2.24) is 14.7 Å². The van der Waals surface area contributed by atoms with Crippen LogP contribution in [0.1, 0.15) is 62.8 Å². The summed E-state index contributed by atoms with van der Waals surface area (Å²) >= 11 is 12.5. The maximum Gasteiger partial charge on any atom is 0.274 e. The van der Waals surface area contributed by atoms with Crippen molar-refractivity contribution in [1.29, 1.82) is 0 Å². The minimum absolute atomic E-state index is 0.134. The van der Waals surface area contributed by atoms with Gasteiger partial charge in [-0.15, -0.1) is 0 Å². The smallest absolute Gasteiger partial charge is 0.274 e. The summed E-state index contributed by atoms with van der Waals surface area (Å²) in [6, 6.07) is 5.24. The second-order valence-corrected chi connectivity index (χ2v) is 9.11. The highest BCUT2D eigenvalue weighted by Gasteiger charge is 2.29. The molecule has 0 saturated carbocycles. The molecule has 1 aromatic heterocycles. The highest BCUT2D eigenvalue weighted by Crippen LogP contribution is 2.30. The van der Waals surface area contributed by atoms with E-state index in [9.17, 15) is 4.79 Å². The molecule has 0 aliphatic rings. The van der Waals surface area contributed by atoms with Crippen molar-refractivity contribution in [3.63, 3.8) is 0 Å². The molecule has 6 heteroatoms. The summed E-state index contributed by atoms with van der Waals surface area (Å²) in [5.41, 5.74) is 4.39. The number of halogens is 2. The molecule has 0 aliphatic heterocycles. The molecule has 0 fully saturated rings. The molecular formula is C23H29Cl2N3O. The number of rotatable bonds is 5. The van der Waals surface area contributed by atoms with E-state index < -0.39 is 0 Å². The minimum atomic E-state index is -0.325. The fourth-order valence-electron chi connectivity index (χ4n) is 2.95. The Hall–Kier alpha value is -2.04. The highest BCUT2D eigenvalue weighted by molar-refractivity contribution is 6.34. The summed E-state index contributed by atoms with van der Waals surface area (Å²) in [5.74, 6) is -0.134. The highest BCUT2D eigenvalue weighted by atomic mass is 35.5. The molecule has 156 valence electrons. The molecule has 0 bridgehead atoms. The number of nitrogens with zero attached hydrogens (tertiary/aromatic N) is 3. The number of aromatic nitrogens is 2. The van der Waals surface area contributed by atoms with Gasteiger partial charge >= 0.3 is 0 Å². The average Bonchev–Trinajstić information content (AvgIpc) is 2.96. The van der Waals surface area contributed by atoms with Crippen LogP contribution in [-0.4, -0.2) is 33.2 Å². The van der Waals surface area contributed by atoms with Crippen LogP contribution < -0.4 is 0 Å². The van der Waals surface area contributed by atoms with Crippen molar-refractivity contribution in [2.45, 2.75) is 53.5 Å². The van der Waals surface area contributed by atoms with Crippen LogP contribution in [0.4, 0.5) is 0 Å². The van der Waals surface area contributed by atoms with E-state index in [1.54, 1.807) is 34.8 Å². The Morgan fingerprint density at radius 2 is 1.79 bits per heavy atom. The fourth-order valence-corrected chi connectivity index (χ4v) is 3.46. The predicted octanol–water partition coefficient (Wildman–Crippen LogP) is 6.73. The van der Waals surface area contributed by atoms with Crippen molar-refractivity contribution < 1.29 is 4.79 Å². The van der Waals surface area contributed by atoms with Crippen molar-refractivity contribution in [2.24, 2.45) is 0 Å². The summed E-state index contributed by atoms with van der Waals surface area (Å²) in [6.07, 6.45) is 2.86. The standard InChI is InChI=1S/C23H29Cl2N3O/c1-9-14(2)10-15(3)21-16(4)20(22(29)27(8)23(5,6)7)26-28(21)19-12-17(24)11-18(25)13-19/h10-13H,2,9H2,1,3-8H3/b15-10+. The molecule has 0 unspecified atom stereocenters. The average molecular weight is 434 g/mol. The first-order valence-corrected chi connectivity index (χ1v) is 10.3. The normalized spacial score (nSPS) is 12.2. The first-order valence-electron chi connectivity index (χ1n) is 9.57. The van der Waals surface area contributed by atoms with E-state index in [-0.39, 0.29) is 11.4 Å². The van der Waals surface area contributed by atoms with Gasteiger partial charge in [-0.1, -0.05) is 48.4 Å². The number of hydrogen-bond acceptors (Lipinski definition) is 2. The van der Waals surface area contributed by atoms with E-state index in [1.165, 1.54) is 0 Å². The van der Waals surface area contributed by atoms with Gasteiger partial charge in [0.2, 0.25) is 0 Å². The van der Waals surface area contributed by atoms with Crippen molar-refractivity contribution >= 4 is 34.7 Å². The van der Waals surface area contributed by atoms with Gasteiger partial charge < -0.3 is 4.90 Å². The predicted molar refractivity (Wildman–Crippen MR) is 123 cm³/mol. The zero-order valence-electron chi connectivity index (χ0n) is 18.2. The number of benzene rings is 1. The van der Waals surface area contributed by atoms with E-state index in [0.717, 1.165) is 28.8 Å². The largest absolute Gasteiger partial charge is 0.335 e. The number of carbonyl (C=O) groups excluding carboxylic acids is 1. The zero-order chi connectivity index (χ0) is 22.1. The van der Waals surface area contributed by atoms with Crippen LogP contribution in [0.2, 0.25) is 10.0 Å². The minimum Gasteiger partial charge on any atom is -0.335 e. The number of carbonyl (C=O) groups is 1. The summed E-state index contributed by atoms with van der Waals surface area (Å²) in [7, 11) is 1.79. The van der Waals surface area contributed by atoms with E-state index in [0.29, 0.717) is 21.4 Å². The van der Waals surface area contributed by atoms with Gasteiger partial charge in [-0.05, 0) is 64.8 Å². The molecule has 29 heavy (non-hydrogen) atoms. The molecule has 2 rings (SSSR count). The SMILES string of the molecule is C=C(/C=C(\C)c1c(C)c(C(=O)N(C)C(C)(C)C)nn1-c1cc(Cl)cc(Cl)c1)CC. The Labute approximate surface area is 183 Å². The molecule has 2 aromatic rings. The Bertz CT molecular complexity index is 960. The van der Waals surface area contributed by atoms with Crippen molar-refractivity contribution in [2.75, 3.05) is 7.05 Å². The molecule has 0 N–H and O–H groups in total. The van der Waals surface area contributed by atoms with Gasteiger partial charge in [0.25, 0.3) is 5.91 Å². The number of amides is 1. The van der Waals surface area contributed by atoms with E-state index >= 15 is 0 Å². The summed E-state index contributed by atoms with van der Waals surface area (Å²) in [5, 5.41) is 5.70. The second-order valence-electron chi connectivity index (χ2n) is 8.24. The quantitative estimate of drug-likeness (QED) is 0.490. The lowest BCUT2D eigenvalue weighted by molar-refractivity contribution is 0.0648. The lowest BCUT2D eigenvalue weighted by Crippen LogP contribution is -2.42. The topological polar surface area (TPSA) is 38.1 Å². The first-order chi connectivity index (χ1) is 13.4. The van der Waals surface area contributed by atoms with Gasteiger partial charge in [0.05, 0.1) is 11.4 Å². The van der Waals surface area contributed by atoms with Crippen LogP contribution >= 0.6 is 23.2 Å². The third-order valence-electron chi connectivity index (χ3n) is 4.98. The van der Waals surface area contributed by atoms with Crippen molar-refractivity contribution in [3.05, 3.63) is 63.4 Å². The monoisotopic (exact) mass is 433 g/mol. The lowest BCUT2D eigenvalue weighted by atomic mass is 10.0. The zero-order valence-corrected chi connectivity index (χ0v) is 19.7. The first kappa shape index (κ1) is 23.2. The van der Waals surface area contributed by atoms with Gasteiger partial charge in [-0.3, -0.25) is 4.79 Å². The van der Waals surface area contributed by atoms with Gasteiger partial charge in [0.15, 0.2) is 5.69 Å². The maximum atomic E-state index is 13.2. The Kier molecular flexibility index (Phi) is 7.02. The molecular weight excluding hydrogens is 405 g/mol. The Morgan fingerprint density at radius 3 is 2.28 bits per heavy atom. The van der Waals surface area contributed by atoms with Gasteiger partial charge in [-0.2, -0.15) is 5.10 Å². The number of allylic oxidation sites excluding steroid dienone is 3. The summed E-state index contributed by atoms with van der Waals surface area (Å²) in [4.78, 5) is 14.9. The van der Waals surface area contributed by atoms with Gasteiger partial charge in [0.1, 0.15) is 0 Å². The lowest BCUT2D eigenvalue weighted by Gasteiger charge is -2.31. The molecule has 0 atom stereocenters. The third-order valence-corrected chi connectivity index (χ3v) is 5.41. The summed E-state index contributed by atoms with van der Waals surface area (Å²) in [6.45, 7) is 16.0. The van der Waals surface area contributed by atoms with Crippen molar-refractivity contribution in [3.8, 4) is 5.69 Å². The molecule has 1 aromatic carbocycles. The van der Waals surface area contributed by atoms with Crippen LogP contribution in [0.5, 0.6) is 0 Å². The summed E-state index contributed by atoms with van der Waals surface area (Å²) < 4.78 is 1.74. The molecule has 4 nitrogen and oxygen atoms in total. The maximum absolute atomic E-state index is 13.2. The van der Waals surface area contributed by atoms with Crippen LogP contribution in [0.25, 0.3) is 11.3 Å². The van der Waals surface area contributed by atoms with Crippen LogP contribution in [0, 0.1) is 6.92 Å². The van der Waals surface area contributed by atoms with E-state index in [4.69, 9.17) is 23.2 Å². The molecule has 0 spiro atoms.